The Morgan fingerprint density at radius 2 is 1.54 bits per heavy atom. The van der Waals surface area contributed by atoms with E-state index < -0.39 is 28.5 Å². The summed E-state index contributed by atoms with van der Waals surface area (Å²) >= 11 is 0. The number of anilines is 1. The summed E-state index contributed by atoms with van der Waals surface area (Å²) in [6, 6.07) is 21.5. The normalized spacial score (nSPS) is 11.9. The van der Waals surface area contributed by atoms with E-state index in [2.05, 4.69) is 5.32 Å². The molecular formula is C30H37N3O5S. The zero-order valence-corrected chi connectivity index (χ0v) is 23.8. The second kappa shape index (κ2) is 13.8. The molecule has 39 heavy (non-hydrogen) atoms. The molecule has 208 valence electrons. The van der Waals surface area contributed by atoms with E-state index in [9.17, 15) is 18.0 Å². The predicted molar refractivity (Wildman–Crippen MR) is 153 cm³/mol. The molecule has 0 aliphatic carbocycles. The van der Waals surface area contributed by atoms with E-state index in [-0.39, 0.29) is 17.3 Å². The van der Waals surface area contributed by atoms with Gasteiger partial charge in [0.1, 0.15) is 18.3 Å². The zero-order valence-electron chi connectivity index (χ0n) is 23.0. The second-order valence-corrected chi connectivity index (χ2v) is 10.9. The van der Waals surface area contributed by atoms with E-state index in [0.29, 0.717) is 31.0 Å². The molecule has 0 unspecified atom stereocenters. The summed E-state index contributed by atoms with van der Waals surface area (Å²) in [6.07, 6.45) is 0.373. The summed E-state index contributed by atoms with van der Waals surface area (Å²) in [5.74, 6) is -0.172. The molecule has 0 saturated carbocycles. The molecule has 2 amide bonds. The van der Waals surface area contributed by atoms with Crippen molar-refractivity contribution >= 4 is 27.5 Å². The maximum absolute atomic E-state index is 14.0. The lowest BCUT2D eigenvalue weighted by atomic mass is 10.1. The fraction of sp³-hybridized carbons (Fsp3) is 0.333. The van der Waals surface area contributed by atoms with E-state index in [1.165, 1.54) is 17.0 Å². The molecule has 1 N–H and O–H groups in total. The van der Waals surface area contributed by atoms with Crippen LogP contribution in [0.15, 0.2) is 83.8 Å². The summed E-state index contributed by atoms with van der Waals surface area (Å²) in [5, 5.41) is 2.81. The molecule has 0 aromatic heterocycles. The number of nitrogens with zero attached hydrogens (tertiary/aromatic N) is 2. The Balaban J connectivity index is 2.04. The minimum atomic E-state index is -4.10. The van der Waals surface area contributed by atoms with Gasteiger partial charge in [-0.05, 0) is 69.2 Å². The van der Waals surface area contributed by atoms with Crippen LogP contribution in [0.1, 0.15) is 38.3 Å². The molecule has 9 heteroatoms. The molecule has 3 rings (SSSR count). The van der Waals surface area contributed by atoms with Crippen molar-refractivity contribution in [3.63, 3.8) is 0 Å². The Morgan fingerprint density at radius 1 is 0.897 bits per heavy atom. The van der Waals surface area contributed by atoms with Gasteiger partial charge < -0.3 is 15.0 Å². The van der Waals surface area contributed by atoms with Crippen molar-refractivity contribution in [2.75, 3.05) is 24.0 Å². The van der Waals surface area contributed by atoms with Crippen molar-refractivity contribution in [2.24, 2.45) is 0 Å². The van der Waals surface area contributed by atoms with E-state index >= 15 is 0 Å². The van der Waals surface area contributed by atoms with Crippen LogP contribution in [0.25, 0.3) is 0 Å². The van der Waals surface area contributed by atoms with Gasteiger partial charge in [-0.25, -0.2) is 8.42 Å². The van der Waals surface area contributed by atoms with Gasteiger partial charge in [0.25, 0.3) is 10.0 Å². The quantitative estimate of drug-likeness (QED) is 0.337. The highest BCUT2D eigenvalue weighted by Gasteiger charge is 2.33. The number of benzene rings is 3. The molecule has 0 saturated heterocycles. The van der Waals surface area contributed by atoms with Crippen LogP contribution in [-0.2, 0) is 26.2 Å². The van der Waals surface area contributed by atoms with Crippen molar-refractivity contribution in [3.05, 3.63) is 90.0 Å². The van der Waals surface area contributed by atoms with Crippen molar-refractivity contribution in [1.29, 1.82) is 0 Å². The van der Waals surface area contributed by atoms with Crippen LogP contribution in [0.5, 0.6) is 5.75 Å². The Hall–Kier alpha value is -3.85. The van der Waals surface area contributed by atoms with Crippen LogP contribution in [-0.4, -0.2) is 50.9 Å². The maximum atomic E-state index is 14.0. The fourth-order valence-corrected chi connectivity index (χ4v) is 5.66. The molecule has 0 aliphatic rings. The molecule has 0 spiro atoms. The largest absolute Gasteiger partial charge is 0.494 e. The molecule has 8 nitrogen and oxygen atoms in total. The average Bonchev–Trinajstić information content (AvgIpc) is 2.94. The number of carbonyl (C=O) groups excluding carboxylic acids is 2. The van der Waals surface area contributed by atoms with Gasteiger partial charge in [0, 0.05) is 13.1 Å². The number of rotatable bonds is 13. The molecule has 3 aromatic rings. The summed E-state index contributed by atoms with van der Waals surface area (Å²) in [5.41, 5.74) is 2.23. The third kappa shape index (κ3) is 7.60. The Bertz CT molecular complexity index is 1330. The van der Waals surface area contributed by atoms with Gasteiger partial charge in [-0.2, -0.15) is 0 Å². The van der Waals surface area contributed by atoms with Crippen molar-refractivity contribution < 1.29 is 22.7 Å². The van der Waals surface area contributed by atoms with Crippen molar-refractivity contribution in [3.8, 4) is 5.75 Å². The van der Waals surface area contributed by atoms with Crippen LogP contribution in [0, 0.1) is 6.92 Å². The summed E-state index contributed by atoms with van der Waals surface area (Å²) in [6.45, 7) is 8.06. The Kier molecular flexibility index (Phi) is 10.5. The van der Waals surface area contributed by atoms with E-state index in [1.807, 2.05) is 52.0 Å². The number of likely N-dealkylation sites (N-methyl/N-ethyl adjacent to an activating group) is 1. The van der Waals surface area contributed by atoms with Crippen LogP contribution >= 0.6 is 0 Å². The van der Waals surface area contributed by atoms with Crippen LogP contribution in [0.3, 0.4) is 0 Å². The Morgan fingerprint density at radius 3 is 2.10 bits per heavy atom. The molecular weight excluding hydrogens is 514 g/mol. The van der Waals surface area contributed by atoms with Crippen LogP contribution in [0.2, 0.25) is 0 Å². The lowest BCUT2D eigenvalue weighted by Gasteiger charge is -2.33. The van der Waals surface area contributed by atoms with Gasteiger partial charge in [-0.3, -0.25) is 13.9 Å². The first-order chi connectivity index (χ1) is 18.7. The van der Waals surface area contributed by atoms with Gasteiger partial charge in [0.2, 0.25) is 11.8 Å². The van der Waals surface area contributed by atoms with Gasteiger partial charge in [0.05, 0.1) is 17.2 Å². The average molecular weight is 552 g/mol. The van der Waals surface area contributed by atoms with Gasteiger partial charge in [-0.15, -0.1) is 0 Å². The number of nitrogens with one attached hydrogen (secondary N) is 1. The lowest BCUT2D eigenvalue weighted by molar-refractivity contribution is -0.140. The smallest absolute Gasteiger partial charge is 0.264 e. The van der Waals surface area contributed by atoms with Crippen LogP contribution < -0.4 is 14.4 Å². The maximum Gasteiger partial charge on any atom is 0.264 e. The first kappa shape index (κ1) is 29.7. The molecule has 3 aromatic carbocycles. The number of hydrogen-bond acceptors (Lipinski definition) is 5. The van der Waals surface area contributed by atoms with Crippen molar-refractivity contribution in [1.82, 2.24) is 10.2 Å². The molecule has 0 bridgehead atoms. The predicted octanol–water partition coefficient (Wildman–Crippen LogP) is 4.53. The number of ether oxygens (including phenoxy) is 1. The molecule has 0 aliphatic heterocycles. The standard InChI is InChI=1S/C30H37N3O5S/c1-5-28(30(35)31-6-2)32(21-24-15-13-23(4)14-16-24)29(34)22-33(25-17-19-26(20-18-25)38-7-3)39(36,37)27-11-9-8-10-12-27/h8-20,28H,5-7,21-22H2,1-4H3,(H,31,35)/t28-/m0/s1. The number of carbonyl (C=O) groups is 2. The number of sulfonamides is 1. The SMILES string of the molecule is CCNC(=O)[C@H](CC)N(Cc1ccc(C)cc1)C(=O)CN(c1ccc(OCC)cc1)S(=O)(=O)c1ccccc1. The highest BCUT2D eigenvalue weighted by Crippen LogP contribution is 2.27. The molecule has 0 heterocycles. The highest BCUT2D eigenvalue weighted by molar-refractivity contribution is 7.92. The first-order valence-electron chi connectivity index (χ1n) is 13.1. The second-order valence-electron chi connectivity index (χ2n) is 9.08. The van der Waals surface area contributed by atoms with Gasteiger partial charge >= 0.3 is 0 Å². The summed E-state index contributed by atoms with van der Waals surface area (Å²) in [7, 11) is -4.10. The monoisotopic (exact) mass is 551 g/mol. The fourth-order valence-electron chi connectivity index (χ4n) is 4.23. The Labute approximate surface area is 231 Å². The highest BCUT2D eigenvalue weighted by atomic mass is 32.2. The number of hydrogen-bond donors (Lipinski definition) is 1. The summed E-state index contributed by atoms with van der Waals surface area (Å²) < 4.78 is 34.2. The van der Waals surface area contributed by atoms with E-state index in [0.717, 1.165) is 15.4 Å². The minimum absolute atomic E-state index is 0.0625. The molecule has 0 fully saturated rings. The van der Waals surface area contributed by atoms with Crippen molar-refractivity contribution in [2.45, 2.75) is 51.6 Å². The summed E-state index contributed by atoms with van der Waals surface area (Å²) in [4.78, 5) is 28.5. The van der Waals surface area contributed by atoms with E-state index in [4.69, 9.17) is 4.74 Å². The van der Waals surface area contributed by atoms with Gasteiger partial charge in [0.15, 0.2) is 0 Å². The van der Waals surface area contributed by atoms with Crippen LogP contribution in [0.4, 0.5) is 5.69 Å². The lowest BCUT2D eigenvalue weighted by Crippen LogP contribution is -2.52. The third-order valence-corrected chi connectivity index (χ3v) is 8.04. The zero-order chi connectivity index (χ0) is 28.4. The first-order valence-corrected chi connectivity index (χ1v) is 14.6. The van der Waals surface area contributed by atoms with Gasteiger partial charge in [-0.1, -0.05) is 55.0 Å². The number of amides is 2. The molecule has 1 atom stereocenters. The number of aryl methyl sites for hydroxylation is 1. The third-order valence-electron chi connectivity index (χ3n) is 6.26. The topological polar surface area (TPSA) is 96.0 Å². The van der Waals surface area contributed by atoms with E-state index in [1.54, 1.807) is 42.5 Å². The minimum Gasteiger partial charge on any atom is -0.494 e. The molecule has 0 radical (unpaired) electrons.